The van der Waals surface area contributed by atoms with Gasteiger partial charge in [0.25, 0.3) is 6.01 Å². The predicted octanol–water partition coefficient (Wildman–Crippen LogP) is 4.52. The normalized spacial score (nSPS) is 15.9. The van der Waals surface area contributed by atoms with Crippen LogP contribution in [0.3, 0.4) is 0 Å². The number of nitrogens with one attached hydrogen (secondary N) is 2. The molecule has 2 aliphatic heterocycles. The van der Waals surface area contributed by atoms with Crippen molar-refractivity contribution in [3.8, 4) is 17.1 Å². The third kappa shape index (κ3) is 4.25. The lowest BCUT2D eigenvalue weighted by Gasteiger charge is -2.34. The third-order valence-electron chi connectivity index (χ3n) is 6.06. The average molecular weight is 473 g/mol. The number of oxazole rings is 1. The Morgan fingerprint density at radius 3 is 2.53 bits per heavy atom. The molecule has 0 bridgehead atoms. The van der Waals surface area contributed by atoms with Gasteiger partial charge in [0.05, 0.1) is 29.8 Å². The van der Waals surface area contributed by atoms with Crippen LogP contribution in [0.4, 0.5) is 36.2 Å². The molecule has 2 aromatic carbocycles. The minimum absolute atomic E-state index is 0.0293. The predicted molar refractivity (Wildman–Crippen MR) is 125 cm³/mol. The van der Waals surface area contributed by atoms with E-state index in [1.165, 1.54) is 18.3 Å². The first-order valence-corrected chi connectivity index (χ1v) is 11.3. The highest BCUT2D eigenvalue weighted by Gasteiger charge is 2.25. The van der Waals surface area contributed by atoms with Gasteiger partial charge in [-0.3, -0.25) is 0 Å². The summed E-state index contributed by atoms with van der Waals surface area (Å²) in [6, 6.07) is 5.49. The molecule has 7 nitrogen and oxygen atoms in total. The fourth-order valence-corrected chi connectivity index (χ4v) is 4.34. The minimum atomic E-state index is -0.626. The van der Waals surface area contributed by atoms with Crippen LogP contribution in [0, 0.1) is 17.5 Å². The zero-order valence-corrected chi connectivity index (χ0v) is 19.0. The Morgan fingerprint density at radius 2 is 1.76 bits per heavy atom. The molecule has 0 aliphatic carbocycles. The molecule has 3 aromatic rings. The largest absolute Gasteiger partial charge is 0.486 e. The second-order valence-corrected chi connectivity index (χ2v) is 8.62. The number of ether oxygens (including phenoxy) is 1. The van der Waals surface area contributed by atoms with Crippen molar-refractivity contribution >= 4 is 23.1 Å². The van der Waals surface area contributed by atoms with Crippen LogP contribution in [-0.2, 0) is 0 Å². The van der Waals surface area contributed by atoms with Crippen LogP contribution in [0.25, 0.3) is 11.3 Å². The Bertz CT molecular complexity index is 1190. The molecule has 1 fully saturated rings. The second-order valence-electron chi connectivity index (χ2n) is 8.62. The lowest BCUT2D eigenvalue weighted by atomic mass is 10.1. The van der Waals surface area contributed by atoms with Gasteiger partial charge in [0.1, 0.15) is 18.2 Å². The first kappa shape index (κ1) is 22.4. The van der Waals surface area contributed by atoms with Gasteiger partial charge in [-0.2, -0.15) is 0 Å². The molecule has 0 spiro atoms. The van der Waals surface area contributed by atoms with Gasteiger partial charge in [-0.1, -0.05) is 0 Å². The number of hydrogen-bond donors (Lipinski definition) is 2. The summed E-state index contributed by atoms with van der Waals surface area (Å²) < 4.78 is 55.5. The Kier molecular flexibility index (Phi) is 5.99. The van der Waals surface area contributed by atoms with Crippen molar-refractivity contribution in [1.29, 1.82) is 0 Å². The van der Waals surface area contributed by atoms with E-state index in [9.17, 15) is 13.2 Å². The summed E-state index contributed by atoms with van der Waals surface area (Å²) in [4.78, 5) is 7.97. The number of aromatic nitrogens is 1. The highest BCUT2D eigenvalue weighted by atomic mass is 19.1. The van der Waals surface area contributed by atoms with Gasteiger partial charge in [0, 0.05) is 49.9 Å². The molecule has 34 heavy (non-hydrogen) atoms. The van der Waals surface area contributed by atoms with E-state index in [0.717, 1.165) is 6.07 Å². The summed E-state index contributed by atoms with van der Waals surface area (Å²) in [6.45, 7) is 7.73. The highest BCUT2D eigenvalue weighted by Crippen LogP contribution is 2.40. The fourth-order valence-electron chi connectivity index (χ4n) is 4.34. The SMILES string of the molecule is CC(C)N1CCOc2c(F)cc(-c3cnc(Nc4cc(F)c(N5CCNCC5)cc4F)o3)cc21. The van der Waals surface area contributed by atoms with Crippen molar-refractivity contribution in [3.05, 3.63) is 47.9 Å². The quantitative estimate of drug-likeness (QED) is 0.565. The smallest absolute Gasteiger partial charge is 0.299 e. The van der Waals surface area contributed by atoms with Crippen molar-refractivity contribution < 1.29 is 22.3 Å². The van der Waals surface area contributed by atoms with E-state index < -0.39 is 17.5 Å². The zero-order chi connectivity index (χ0) is 23.8. The molecule has 0 amide bonds. The van der Waals surface area contributed by atoms with E-state index in [1.807, 2.05) is 13.8 Å². The lowest BCUT2D eigenvalue weighted by molar-refractivity contribution is 0.287. The maximum absolute atomic E-state index is 14.8. The maximum atomic E-state index is 14.8. The molecule has 0 atom stereocenters. The zero-order valence-electron chi connectivity index (χ0n) is 19.0. The van der Waals surface area contributed by atoms with Gasteiger partial charge < -0.3 is 29.6 Å². The number of hydrogen-bond acceptors (Lipinski definition) is 7. The molecule has 0 saturated carbocycles. The van der Waals surface area contributed by atoms with Gasteiger partial charge in [-0.05, 0) is 26.0 Å². The number of anilines is 4. The number of piperazine rings is 1. The van der Waals surface area contributed by atoms with Gasteiger partial charge >= 0.3 is 0 Å². The molecular formula is C24H26F3N5O2. The fraction of sp³-hybridized carbons (Fsp3) is 0.375. The molecule has 1 aromatic heterocycles. The summed E-state index contributed by atoms with van der Waals surface area (Å²) in [6.07, 6.45) is 1.41. The minimum Gasteiger partial charge on any atom is -0.486 e. The van der Waals surface area contributed by atoms with Crippen LogP contribution in [0.2, 0.25) is 0 Å². The molecular weight excluding hydrogens is 447 g/mol. The van der Waals surface area contributed by atoms with Gasteiger partial charge in [0.15, 0.2) is 17.3 Å². The van der Waals surface area contributed by atoms with Crippen LogP contribution >= 0.6 is 0 Å². The Hall–Kier alpha value is -3.40. The van der Waals surface area contributed by atoms with Gasteiger partial charge in [-0.15, -0.1) is 0 Å². The van der Waals surface area contributed by atoms with Gasteiger partial charge in [-0.25, -0.2) is 18.2 Å². The number of fused-ring (bicyclic) bond motifs is 1. The van der Waals surface area contributed by atoms with Crippen molar-refractivity contribution in [2.24, 2.45) is 0 Å². The number of nitrogens with zero attached hydrogens (tertiary/aromatic N) is 3. The summed E-state index contributed by atoms with van der Waals surface area (Å²) in [5, 5.41) is 5.87. The second kappa shape index (κ2) is 9.09. The number of halogens is 3. The van der Waals surface area contributed by atoms with E-state index in [2.05, 4.69) is 20.5 Å². The monoisotopic (exact) mass is 473 g/mol. The Morgan fingerprint density at radius 1 is 0.971 bits per heavy atom. The molecule has 2 N–H and O–H groups in total. The average Bonchev–Trinajstić information content (AvgIpc) is 3.30. The van der Waals surface area contributed by atoms with Crippen LogP contribution in [0.1, 0.15) is 13.8 Å². The molecule has 2 aliphatic rings. The first-order chi connectivity index (χ1) is 16.4. The molecule has 3 heterocycles. The van der Waals surface area contributed by atoms with Crippen molar-refractivity contribution in [1.82, 2.24) is 10.3 Å². The van der Waals surface area contributed by atoms with Crippen LogP contribution in [-0.4, -0.2) is 50.4 Å². The Balaban J connectivity index is 1.39. The van der Waals surface area contributed by atoms with E-state index >= 15 is 0 Å². The van der Waals surface area contributed by atoms with E-state index in [-0.39, 0.29) is 34.9 Å². The number of rotatable bonds is 5. The van der Waals surface area contributed by atoms with Crippen molar-refractivity contribution in [2.75, 3.05) is 54.4 Å². The summed E-state index contributed by atoms with van der Waals surface area (Å²) in [5.74, 6) is -1.16. The maximum Gasteiger partial charge on any atom is 0.299 e. The van der Waals surface area contributed by atoms with Gasteiger partial charge in [0.2, 0.25) is 0 Å². The molecule has 5 rings (SSSR count). The van der Waals surface area contributed by atoms with Crippen LogP contribution < -0.4 is 25.2 Å². The van der Waals surface area contributed by atoms with Crippen molar-refractivity contribution in [3.63, 3.8) is 0 Å². The van der Waals surface area contributed by atoms with Crippen LogP contribution in [0.5, 0.6) is 5.75 Å². The summed E-state index contributed by atoms with van der Waals surface area (Å²) >= 11 is 0. The molecule has 0 unspecified atom stereocenters. The molecule has 180 valence electrons. The van der Waals surface area contributed by atoms with E-state index in [0.29, 0.717) is 50.6 Å². The summed E-state index contributed by atoms with van der Waals surface area (Å²) in [5.41, 5.74) is 1.23. The Labute approximate surface area is 195 Å². The topological polar surface area (TPSA) is 65.8 Å². The van der Waals surface area contributed by atoms with Crippen LogP contribution in [0.15, 0.2) is 34.9 Å². The highest BCUT2D eigenvalue weighted by molar-refractivity contribution is 5.72. The third-order valence-corrected chi connectivity index (χ3v) is 6.06. The molecule has 10 heteroatoms. The standard InChI is InChI=1S/C24H26F3N5O2/c1-14(2)32-7-8-33-23-18(27)9-15(10-21(23)32)22-13-29-24(34-22)30-19-11-17(26)20(12-16(19)25)31-5-3-28-4-6-31/h9-14,28H,3-8H2,1-2H3,(H,29,30). The molecule has 0 radical (unpaired) electrons. The van der Waals surface area contributed by atoms with E-state index in [1.54, 1.807) is 11.0 Å². The van der Waals surface area contributed by atoms with Crippen molar-refractivity contribution in [2.45, 2.75) is 19.9 Å². The summed E-state index contributed by atoms with van der Waals surface area (Å²) in [7, 11) is 0. The lowest BCUT2D eigenvalue weighted by Crippen LogP contribution is -2.43. The van der Waals surface area contributed by atoms with E-state index in [4.69, 9.17) is 9.15 Å². The number of benzene rings is 2. The first-order valence-electron chi connectivity index (χ1n) is 11.3. The molecule has 1 saturated heterocycles.